The van der Waals surface area contributed by atoms with Crippen LogP contribution in [-0.4, -0.2) is 16.7 Å². The van der Waals surface area contributed by atoms with Crippen LogP contribution < -0.4 is 5.32 Å². The summed E-state index contributed by atoms with van der Waals surface area (Å²) in [4.78, 5) is 0. The number of halogens is 3. The van der Waals surface area contributed by atoms with Gasteiger partial charge in [0.1, 0.15) is 5.01 Å². The second-order valence-corrected chi connectivity index (χ2v) is 4.96. The zero-order chi connectivity index (χ0) is 14.0. The van der Waals surface area contributed by atoms with Crippen molar-refractivity contribution in [2.75, 3.05) is 6.54 Å². The molecular formula is C12H12F3N3S. The summed E-state index contributed by atoms with van der Waals surface area (Å²) in [5.74, 6) is -3.94. The molecule has 0 spiro atoms. The molecule has 0 amide bonds. The minimum atomic E-state index is -1.49. The van der Waals surface area contributed by atoms with Crippen LogP contribution in [0.5, 0.6) is 0 Å². The van der Waals surface area contributed by atoms with E-state index in [4.69, 9.17) is 0 Å². The lowest BCUT2D eigenvalue weighted by Crippen LogP contribution is -2.17. The Morgan fingerprint density at radius 3 is 2.63 bits per heavy atom. The number of aromatic nitrogens is 2. The van der Waals surface area contributed by atoms with Crippen molar-refractivity contribution in [3.05, 3.63) is 34.6 Å². The van der Waals surface area contributed by atoms with Crippen LogP contribution in [0.3, 0.4) is 0 Å². The highest BCUT2D eigenvalue weighted by Gasteiger charge is 2.19. The summed E-state index contributed by atoms with van der Waals surface area (Å²) in [5, 5.41) is 11.8. The third-order valence-electron chi connectivity index (χ3n) is 2.59. The Hall–Kier alpha value is -1.47. The summed E-state index contributed by atoms with van der Waals surface area (Å²) < 4.78 is 39.6. The van der Waals surface area contributed by atoms with Crippen LogP contribution in [0.25, 0.3) is 10.6 Å². The molecule has 2 rings (SSSR count). The molecular weight excluding hydrogens is 275 g/mol. The number of hydrogen-bond donors (Lipinski definition) is 1. The SMILES string of the molecule is CCNC(C)c1nnc(-c2ccc(F)c(F)c2F)s1. The van der Waals surface area contributed by atoms with Crippen LogP contribution >= 0.6 is 11.3 Å². The van der Waals surface area contributed by atoms with Crippen LogP contribution in [0.15, 0.2) is 12.1 Å². The lowest BCUT2D eigenvalue weighted by atomic mass is 10.2. The Morgan fingerprint density at radius 1 is 1.21 bits per heavy atom. The quantitative estimate of drug-likeness (QED) is 0.877. The van der Waals surface area contributed by atoms with Gasteiger partial charge in [0.05, 0.1) is 11.6 Å². The van der Waals surface area contributed by atoms with Crippen LogP contribution in [0.4, 0.5) is 13.2 Å². The van der Waals surface area contributed by atoms with E-state index in [-0.39, 0.29) is 16.6 Å². The average molecular weight is 287 g/mol. The van der Waals surface area contributed by atoms with E-state index in [2.05, 4.69) is 15.5 Å². The van der Waals surface area contributed by atoms with Gasteiger partial charge in [-0.2, -0.15) is 0 Å². The lowest BCUT2D eigenvalue weighted by Gasteiger charge is -2.06. The molecule has 1 atom stereocenters. The molecule has 0 aliphatic heterocycles. The molecule has 1 aromatic carbocycles. The molecule has 0 saturated carbocycles. The summed E-state index contributed by atoms with van der Waals surface area (Å²) >= 11 is 1.15. The van der Waals surface area contributed by atoms with Gasteiger partial charge in [0.15, 0.2) is 22.5 Å². The predicted octanol–water partition coefficient (Wildman–Crippen LogP) is 3.29. The monoisotopic (exact) mass is 287 g/mol. The molecule has 2 aromatic rings. The summed E-state index contributed by atoms with van der Waals surface area (Å²) in [7, 11) is 0. The van der Waals surface area contributed by atoms with E-state index in [1.807, 2.05) is 13.8 Å². The molecule has 0 aliphatic rings. The normalized spacial score (nSPS) is 12.7. The van der Waals surface area contributed by atoms with Crippen LogP contribution in [0.2, 0.25) is 0 Å². The van der Waals surface area contributed by atoms with E-state index in [0.717, 1.165) is 30.0 Å². The molecule has 1 aromatic heterocycles. The van der Waals surface area contributed by atoms with E-state index in [1.165, 1.54) is 0 Å². The standard InChI is InChI=1S/C12H12F3N3S/c1-3-16-6(2)11-17-18-12(19-11)7-4-5-8(13)10(15)9(7)14/h4-6,16H,3H2,1-2H3. The maximum absolute atomic E-state index is 13.6. The van der Waals surface area contributed by atoms with Crippen molar-refractivity contribution in [3.63, 3.8) is 0 Å². The predicted molar refractivity (Wildman–Crippen MR) is 67.3 cm³/mol. The van der Waals surface area contributed by atoms with Gasteiger partial charge in [0, 0.05) is 0 Å². The number of rotatable bonds is 4. The first-order valence-electron chi connectivity index (χ1n) is 5.75. The Bertz CT molecular complexity index is 586. The van der Waals surface area contributed by atoms with E-state index in [1.54, 1.807) is 0 Å². The average Bonchev–Trinajstić information content (AvgIpc) is 2.86. The van der Waals surface area contributed by atoms with E-state index < -0.39 is 17.5 Å². The molecule has 0 aliphatic carbocycles. The number of benzene rings is 1. The Kier molecular flexibility index (Phi) is 4.16. The largest absolute Gasteiger partial charge is 0.308 e. The van der Waals surface area contributed by atoms with E-state index in [9.17, 15) is 13.2 Å². The summed E-state index contributed by atoms with van der Waals surface area (Å²) in [5.41, 5.74) is -0.0775. The highest BCUT2D eigenvalue weighted by atomic mass is 32.1. The molecule has 19 heavy (non-hydrogen) atoms. The number of hydrogen-bond acceptors (Lipinski definition) is 4. The Labute approximate surface area is 112 Å². The highest BCUT2D eigenvalue weighted by Crippen LogP contribution is 2.30. The molecule has 102 valence electrons. The van der Waals surface area contributed by atoms with Gasteiger partial charge in [0.2, 0.25) is 0 Å². The topological polar surface area (TPSA) is 37.8 Å². The summed E-state index contributed by atoms with van der Waals surface area (Å²) in [6, 6.07) is 2.02. The minimum Gasteiger partial charge on any atom is -0.308 e. The fourth-order valence-electron chi connectivity index (χ4n) is 1.60. The van der Waals surface area contributed by atoms with E-state index in [0.29, 0.717) is 5.01 Å². The molecule has 0 bridgehead atoms. The van der Waals surface area contributed by atoms with Crippen LogP contribution in [0.1, 0.15) is 24.9 Å². The van der Waals surface area contributed by atoms with Gasteiger partial charge in [-0.15, -0.1) is 10.2 Å². The second-order valence-electron chi connectivity index (χ2n) is 3.95. The lowest BCUT2D eigenvalue weighted by molar-refractivity contribution is 0.449. The van der Waals surface area contributed by atoms with Gasteiger partial charge in [-0.1, -0.05) is 18.3 Å². The van der Waals surface area contributed by atoms with Crippen molar-refractivity contribution in [1.29, 1.82) is 0 Å². The van der Waals surface area contributed by atoms with Gasteiger partial charge in [-0.05, 0) is 25.6 Å². The molecule has 1 unspecified atom stereocenters. The zero-order valence-electron chi connectivity index (χ0n) is 10.4. The molecule has 1 heterocycles. The van der Waals surface area contributed by atoms with Crippen molar-refractivity contribution < 1.29 is 13.2 Å². The van der Waals surface area contributed by atoms with Gasteiger partial charge in [0.25, 0.3) is 0 Å². The van der Waals surface area contributed by atoms with Crippen molar-refractivity contribution in [3.8, 4) is 10.6 Å². The Morgan fingerprint density at radius 2 is 1.95 bits per heavy atom. The summed E-state index contributed by atoms with van der Waals surface area (Å²) in [6.45, 7) is 4.61. The van der Waals surface area contributed by atoms with Crippen LogP contribution in [-0.2, 0) is 0 Å². The molecule has 3 nitrogen and oxygen atoms in total. The molecule has 0 fully saturated rings. The van der Waals surface area contributed by atoms with Gasteiger partial charge < -0.3 is 5.32 Å². The van der Waals surface area contributed by atoms with Gasteiger partial charge in [-0.25, -0.2) is 13.2 Å². The smallest absolute Gasteiger partial charge is 0.195 e. The highest BCUT2D eigenvalue weighted by molar-refractivity contribution is 7.14. The fraction of sp³-hybridized carbons (Fsp3) is 0.333. The zero-order valence-corrected chi connectivity index (χ0v) is 11.2. The Balaban J connectivity index is 2.36. The number of nitrogens with one attached hydrogen (secondary N) is 1. The maximum atomic E-state index is 13.6. The molecule has 7 heteroatoms. The first-order valence-corrected chi connectivity index (χ1v) is 6.56. The molecule has 0 radical (unpaired) electrons. The fourth-order valence-corrected chi connectivity index (χ4v) is 2.49. The summed E-state index contributed by atoms with van der Waals surface area (Å²) in [6.07, 6.45) is 0. The van der Waals surface area contributed by atoms with Crippen molar-refractivity contribution in [2.24, 2.45) is 0 Å². The second kappa shape index (κ2) is 5.66. The van der Waals surface area contributed by atoms with Gasteiger partial charge >= 0.3 is 0 Å². The van der Waals surface area contributed by atoms with Gasteiger partial charge in [-0.3, -0.25) is 0 Å². The van der Waals surface area contributed by atoms with E-state index >= 15 is 0 Å². The van der Waals surface area contributed by atoms with Crippen molar-refractivity contribution in [1.82, 2.24) is 15.5 Å². The first kappa shape index (κ1) is 14.0. The van der Waals surface area contributed by atoms with Crippen molar-refractivity contribution >= 4 is 11.3 Å². The first-order chi connectivity index (χ1) is 9.04. The molecule has 1 N–H and O–H groups in total. The maximum Gasteiger partial charge on any atom is 0.195 e. The molecule has 0 saturated heterocycles. The van der Waals surface area contributed by atoms with Crippen molar-refractivity contribution in [2.45, 2.75) is 19.9 Å². The third-order valence-corrected chi connectivity index (χ3v) is 3.73. The third kappa shape index (κ3) is 2.76. The number of nitrogens with zero attached hydrogens (tertiary/aromatic N) is 2. The van der Waals surface area contributed by atoms with Crippen LogP contribution in [0, 0.1) is 17.5 Å². The minimum absolute atomic E-state index is 0.0235.